The number of benzene rings is 1. The van der Waals surface area contributed by atoms with Crippen LogP contribution in [0.15, 0.2) is 29.1 Å². The molecule has 0 aliphatic heterocycles. The van der Waals surface area contributed by atoms with Crippen molar-refractivity contribution >= 4 is 38.8 Å². The standard InChI is InChI=1S/C19H19N5OS2/c1-3-16(25)20-7-6-15-23-17(18(24-15)19-22-11(2)9-26-19)12-4-5-13-14(8-12)27-10-21-13/h4-5,8-10H,3,6-7H2,1-2H3,(H,20,25)(H,23,24). The number of nitrogens with one attached hydrogen (secondary N) is 2. The number of nitrogens with zero attached hydrogens (tertiary/aromatic N) is 3. The zero-order valence-electron chi connectivity index (χ0n) is 15.1. The van der Waals surface area contributed by atoms with Crippen LogP contribution in [0.25, 0.3) is 32.2 Å². The molecule has 0 spiro atoms. The minimum Gasteiger partial charge on any atom is -0.356 e. The maximum atomic E-state index is 11.5. The van der Waals surface area contributed by atoms with Gasteiger partial charge in [0.05, 0.1) is 21.4 Å². The van der Waals surface area contributed by atoms with Crippen LogP contribution in [-0.4, -0.2) is 32.4 Å². The zero-order chi connectivity index (χ0) is 18.8. The van der Waals surface area contributed by atoms with E-state index in [4.69, 9.17) is 4.98 Å². The van der Waals surface area contributed by atoms with E-state index in [0.29, 0.717) is 19.4 Å². The van der Waals surface area contributed by atoms with Crippen LogP contribution in [0.5, 0.6) is 0 Å². The fourth-order valence-electron chi connectivity index (χ4n) is 2.82. The van der Waals surface area contributed by atoms with Gasteiger partial charge in [-0.05, 0) is 19.1 Å². The summed E-state index contributed by atoms with van der Waals surface area (Å²) < 4.78 is 1.13. The van der Waals surface area contributed by atoms with Crippen LogP contribution in [0.4, 0.5) is 0 Å². The monoisotopic (exact) mass is 397 g/mol. The molecule has 4 rings (SSSR count). The number of hydrogen-bond acceptors (Lipinski definition) is 6. The Morgan fingerprint density at radius 3 is 2.93 bits per heavy atom. The zero-order valence-corrected chi connectivity index (χ0v) is 16.7. The first-order chi connectivity index (χ1) is 13.1. The Morgan fingerprint density at radius 2 is 2.15 bits per heavy atom. The van der Waals surface area contributed by atoms with Crippen LogP contribution < -0.4 is 5.32 Å². The molecule has 138 valence electrons. The number of thiazole rings is 2. The molecule has 8 heteroatoms. The largest absolute Gasteiger partial charge is 0.356 e. The van der Waals surface area contributed by atoms with Gasteiger partial charge in [0, 0.05) is 36.0 Å². The van der Waals surface area contributed by atoms with Crippen molar-refractivity contribution in [3.8, 4) is 22.0 Å². The lowest BCUT2D eigenvalue weighted by Crippen LogP contribution is -2.24. The molecule has 27 heavy (non-hydrogen) atoms. The summed E-state index contributed by atoms with van der Waals surface area (Å²) in [7, 11) is 0. The molecule has 0 unspecified atom stereocenters. The van der Waals surface area contributed by atoms with E-state index in [1.165, 1.54) is 0 Å². The Kier molecular flexibility index (Phi) is 5.00. The first-order valence-corrected chi connectivity index (χ1v) is 10.5. The lowest BCUT2D eigenvalue weighted by molar-refractivity contribution is -0.120. The number of H-pyrrole nitrogens is 1. The molecule has 0 bridgehead atoms. The molecule has 4 aromatic rings. The third-order valence-electron chi connectivity index (χ3n) is 4.20. The lowest BCUT2D eigenvalue weighted by atomic mass is 10.1. The molecule has 0 saturated heterocycles. The summed E-state index contributed by atoms with van der Waals surface area (Å²) in [6, 6.07) is 6.19. The molecule has 1 amide bonds. The van der Waals surface area contributed by atoms with E-state index >= 15 is 0 Å². The van der Waals surface area contributed by atoms with Crippen molar-refractivity contribution in [2.75, 3.05) is 6.54 Å². The van der Waals surface area contributed by atoms with Crippen LogP contribution in [0, 0.1) is 6.92 Å². The minimum atomic E-state index is 0.0493. The van der Waals surface area contributed by atoms with Gasteiger partial charge in [0.15, 0.2) is 0 Å². The molecule has 0 atom stereocenters. The van der Waals surface area contributed by atoms with Gasteiger partial charge in [0.25, 0.3) is 0 Å². The Labute approximate surface area is 164 Å². The van der Waals surface area contributed by atoms with Crippen molar-refractivity contribution < 1.29 is 4.79 Å². The Morgan fingerprint density at radius 1 is 1.26 bits per heavy atom. The Balaban J connectivity index is 1.70. The molecule has 0 fully saturated rings. The van der Waals surface area contributed by atoms with Gasteiger partial charge in [0.2, 0.25) is 5.91 Å². The topological polar surface area (TPSA) is 83.6 Å². The van der Waals surface area contributed by atoms with Crippen molar-refractivity contribution in [1.82, 2.24) is 25.3 Å². The summed E-state index contributed by atoms with van der Waals surface area (Å²) in [5.74, 6) is 0.891. The average Bonchev–Trinajstić information content (AvgIpc) is 3.39. The number of carbonyl (C=O) groups is 1. The van der Waals surface area contributed by atoms with Gasteiger partial charge in [-0.2, -0.15) is 0 Å². The molecule has 3 heterocycles. The minimum absolute atomic E-state index is 0.0493. The highest BCUT2D eigenvalue weighted by molar-refractivity contribution is 7.16. The maximum Gasteiger partial charge on any atom is 0.219 e. The van der Waals surface area contributed by atoms with Gasteiger partial charge >= 0.3 is 0 Å². The fraction of sp³-hybridized carbons (Fsp3) is 0.263. The van der Waals surface area contributed by atoms with Crippen LogP contribution in [0.1, 0.15) is 24.9 Å². The summed E-state index contributed by atoms with van der Waals surface area (Å²) in [5.41, 5.74) is 6.69. The highest BCUT2D eigenvalue weighted by atomic mass is 32.1. The van der Waals surface area contributed by atoms with Crippen LogP contribution >= 0.6 is 22.7 Å². The van der Waals surface area contributed by atoms with Gasteiger partial charge in [-0.25, -0.2) is 15.0 Å². The van der Waals surface area contributed by atoms with Gasteiger partial charge in [-0.1, -0.05) is 13.0 Å². The third kappa shape index (κ3) is 3.77. The van der Waals surface area contributed by atoms with E-state index in [1.54, 1.807) is 22.7 Å². The first kappa shape index (κ1) is 17.8. The molecule has 0 aliphatic carbocycles. The quantitative estimate of drug-likeness (QED) is 0.511. The number of aromatic nitrogens is 4. The Hall–Kier alpha value is -2.58. The lowest BCUT2D eigenvalue weighted by Gasteiger charge is -2.00. The van der Waals surface area contributed by atoms with E-state index < -0.39 is 0 Å². The second kappa shape index (κ2) is 7.58. The number of amides is 1. The normalized spacial score (nSPS) is 11.2. The second-order valence-corrected chi connectivity index (χ2v) is 7.93. The van der Waals surface area contributed by atoms with E-state index in [-0.39, 0.29) is 5.91 Å². The number of aryl methyl sites for hydroxylation is 1. The molecular weight excluding hydrogens is 378 g/mol. The van der Waals surface area contributed by atoms with Crippen molar-refractivity contribution in [3.05, 3.63) is 40.6 Å². The van der Waals surface area contributed by atoms with Gasteiger partial charge in [0.1, 0.15) is 16.5 Å². The number of rotatable bonds is 6. The molecule has 0 aliphatic rings. The van der Waals surface area contributed by atoms with Gasteiger partial charge in [-0.3, -0.25) is 4.79 Å². The molecule has 0 radical (unpaired) electrons. The highest BCUT2D eigenvalue weighted by Gasteiger charge is 2.17. The molecule has 2 N–H and O–H groups in total. The first-order valence-electron chi connectivity index (χ1n) is 8.75. The Bertz CT molecular complexity index is 1090. The summed E-state index contributed by atoms with van der Waals surface area (Å²) in [4.78, 5) is 28.7. The fourth-order valence-corrected chi connectivity index (χ4v) is 4.33. The van der Waals surface area contributed by atoms with E-state index in [9.17, 15) is 4.79 Å². The summed E-state index contributed by atoms with van der Waals surface area (Å²) >= 11 is 3.22. The van der Waals surface area contributed by atoms with Gasteiger partial charge < -0.3 is 10.3 Å². The third-order valence-corrected chi connectivity index (χ3v) is 5.96. The molecule has 0 saturated carbocycles. The number of hydrogen-bond donors (Lipinski definition) is 2. The number of fused-ring (bicyclic) bond motifs is 1. The van der Waals surface area contributed by atoms with Crippen molar-refractivity contribution in [2.45, 2.75) is 26.7 Å². The SMILES string of the molecule is CCC(=O)NCCc1nc(-c2ccc3ncsc3c2)c(-c2nc(C)cs2)[nH]1. The predicted molar refractivity (Wildman–Crippen MR) is 110 cm³/mol. The van der Waals surface area contributed by atoms with Crippen LogP contribution in [-0.2, 0) is 11.2 Å². The number of aromatic amines is 1. The summed E-state index contributed by atoms with van der Waals surface area (Å²) in [6.07, 6.45) is 1.13. The maximum absolute atomic E-state index is 11.5. The smallest absolute Gasteiger partial charge is 0.219 e. The number of carbonyl (C=O) groups excluding carboxylic acids is 1. The van der Waals surface area contributed by atoms with Crippen molar-refractivity contribution in [3.63, 3.8) is 0 Å². The molecule has 1 aromatic carbocycles. The predicted octanol–water partition coefficient (Wildman–Crippen LogP) is 4.19. The van der Waals surface area contributed by atoms with Crippen LogP contribution in [0.2, 0.25) is 0 Å². The van der Waals surface area contributed by atoms with E-state index in [0.717, 1.165) is 43.7 Å². The molecular formula is C19H19N5OS2. The average molecular weight is 398 g/mol. The van der Waals surface area contributed by atoms with Crippen LogP contribution in [0.3, 0.4) is 0 Å². The van der Waals surface area contributed by atoms with Crippen molar-refractivity contribution in [2.24, 2.45) is 0 Å². The summed E-state index contributed by atoms with van der Waals surface area (Å²) in [6.45, 7) is 4.39. The van der Waals surface area contributed by atoms with E-state index in [1.807, 2.05) is 36.9 Å². The van der Waals surface area contributed by atoms with Gasteiger partial charge in [-0.15, -0.1) is 22.7 Å². The van der Waals surface area contributed by atoms with E-state index in [2.05, 4.69) is 26.3 Å². The van der Waals surface area contributed by atoms with Crippen molar-refractivity contribution in [1.29, 1.82) is 0 Å². The molecule has 6 nitrogen and oxygen atoms in total. The molecule has 3 aromatic heterocycles. The highest BCUT2D eigenvalue weighted by Crippen LogP contribution is 2.34. The second-order valence-electron chi connectivity index (χ2n) is 6.19. The summed E-state index contributed by atoms with van der Waals surface area (Å²) in [5, 5.41) is 5.85. The number of imidazole rings is 1.